The van der Waals surface area contributed by atoms with Crippen molar-refractivity contribution in [3.05, 3.63) is 29.5 Å². The number of nitrogens with one attached hydrogen (secondary N) is 3. The highest BCUT2D eigenvalue weighted by Gasteiger charge is 2.30. The van der Waals surface area contributed by atoms with Crippen LogP contribution in [0.15, 0.2) is 22.6 Å². The maximum absolute atomic E-state index is 11.9. The number of nitrogens with two attached hydrogens (primary N) is 1. The number of nitrogens with zero attached hydrogens (tertiary/aromatic N) is 2. The van der Waals surface area contributed by atoms with Crippen molar-refractivity contribution in [1.82, 2.24) is 16.1 Å². The molecule has 0 unspecified atom stereocenters. The molecule has 1 aromatic heterocycles. The lowest BCUT2D eigenvalue weighted by atomic mass is 10.2. The van der Waals surface area contributed by atoms with Gasteiger partial charge in [-0.1, -0.05) is 0 Å². The molecule has 2 rings (SSSR count). The molecule has 20 heavy (non-hydrogen) atoms. The van der Waals surface area contributed by atoms with Crippen molar-refractivity contribution < 1.29 is 13.9 Å². The largest absolute Gasteiger partial charge is 0.474 e. The van der Waals surface area contributed by atoms with Gasteiger partial charge in [0.25, 0.3) is 0 Å². The van der Waals surface area contributed by atoms with E-state index in [0.29, 0.717) is 17.0 Å². The normalized spacial score (nSPS) is 15.9. The van der Waals surface area contributed by atoms with Crippen molar-refractivity contribution in [3.8, 4) is 0 Å². The second kappa shape index (κ2) is 5.63. The molecular weight excluding hydrogens is 264 g/mol. The lowest BCUT2D eigenvalue weighted by Gasteiger charge is -2.14. The number of amides is 2. The molecule has 1 aliphatic rings. The first-order valence-electron chi connectivity index (χ1n) is 5.79. The Labute approximate surface area is 115 Å². The molecule has 0 spiro atoms. The minimum atomic E-state index is -0.282. The molecule has 1 saturated heterocycles. The molecule has 0 aliphatic carbocycles. The van der Waals surface area contributed by atoms with Crippen LogP contribution in [0.25, 0.3) is 0 Å². The number of allylic oxidation sites excluding steroid dienone is 1. The number of carbonyl (C=O) groups excluding carboxylic acids is 1. The topological polar surface area (TPSA) is 120 Å². The Morgan fingerprint density at radius 3 is 2.95 bits per heavy atom. The Hall–Kier alpha value is -2.52. The first-order chi connectivity index (χ1) is 9.54. The summed E-state index contributed by atoms with van der Waals surface area (Å²) < 4.78 is 10.6. The highest BCUT2D eigenvalue weighted by Crippen LogP contribution is 2.27. The Morgan fingerprint density at radius 2 is 2.35 bits per heavy atom. The quantitative estimate of drug-likeness (QED) is 0.456. The van der Waals surface area contributed by atoms with Gasteiger partial charge in [-0.3, -0.25) is 0 Å². The van der Waals surface area contributed by atoms with Crippen LogP contribution in [0.3, 0.4) is 0 Å². The predicted molar refractivity (Wildman–Crippen MR) is 71.2 cm³/mol. The summed E-state index contributed by atoms with van der Waals surface area (Å²) in [7, 11) is 1.59. The van der Waals surface area contributed by atoms with E-state index in [1.54, 1.807) is 14.0 Å². The molecule has 9 heteroatoms. The van der Waals surface area contributed by atoms with Crippen LogP contribution in [0.1, 0.15) is 11.3 Å². The number of aryl methyl sites for hydroxylation is 1. The van der Waals surface area contributed by atoms with Gasteiger partial charge in [-0.2, -0.15) is 0 Å². The summed E-state index contributed by atoms with van der Waals surface area (Å²) in [5.41, 5.74) is 12.1. The number of ether oxygens (including phenoxy) is 1. The predicted octanol–water partition coefficient (Wildman–Crippen LogP) is 0.350. The van der Waals surface area contributed by atoms with Gasteiger partial charge in [0, 0.05) is 19.3 Å². The summed E-state index contributed by atoms with van der Waals surface area (Å²) in [6.45, 7) is 1.89. The van der Waals surface area contributed by atoms with E-state index in [1.807, 2.05) is 0 Å². The molecule has 2 amide bonds. The van der Waals surface area contributed by atoms with Crippen LogP contribution in [-0.2, 0) is 11.3 Å². The van der Waals surface area contributed by atoms with Crippen molar-refractivity contribution in [2.45, 2.75) is 13.5 Å². The fourth-order valence-corrected chi connectivity index (χ4v) is 1.65. The zero-order chi connectivity index (χ0) is 14.7. The molecular formula is C11H16N6O3. The number of hydrogen-bond acceptors (Lipinski definition) is 7. The highest BCUT2D eigenvalue weighted by atomic mass is 16.5. The number of hydrazine groups is 3. The molecule has 0 bridgehead atoms. The molecule has 0 aromatic carbocycles. The van der Waals surface area contributed by atoms with Gasteiger partial charge < -0.3 is 20.3 Å². The molecule has 1 fully saturated rings. The van der Waals surface area contributed by atoms with Crippen molar-refractivity contribution >= 4 is 17.9 Å². The number of anilines is 1. The van der Waals surface area contributed by atoms with E-state index in [9.17, 15) is 4.79 Å². The van der Waals surface area contributed by atoms with Crippen molar-refractivity contribution in [2.75, 3.05) is 12.1 Å². The van der Waals surface area contributed by atoms with Gasteiger partial charge in [0.05, 0.1) is 5.56 Å². The molecule has 1 aromatic rings. The van der Waals surface area contributed by atoms with E-state index in [-0.39, 0.29) is 18.5 Å². The number of furan rings is 1. The van der Waals surface area contributed by atoms with Crippen LogP contribution < -0.4 is 21.8 Å². The van der Waals surface area contributed by atoms with Crippen LogP contribution in [-0.4, -0.2) is 24.3 Å². The molecule has 9 nitrogen and oxygen atoms in total. The zero-order valence-electron chi connectivity index (χ0n) is 11.1. The summed E-state index contributed by atoms with van der Waals surface area (Å²) in [5, 5.41) is 9.48. The molecule has 0 saturated carbocycles. The maximum Gasteiger partial charge on any atom is 0.355 e. The summed E-state index contributed by atoms with van der Waals surface area (Å²) in [4.78, 5) is 11.9. The van der Waals surface area contributed by atoms with Gasteiger partial charge in [-0.05, 0) is 6.92 Å². The number of carbonyl (C=O) groups is 1. The summed E-state index contributed by atoms with van der Waals surface area (Å²) in [5.74, 6) is 0.731. The van der Waals surface area contributed by atoms with E-state index in [2.05, 4.69) is 11.1 Å². The first kappa shape index (κ1) is 13.9. The van der Waals surface area contributed by atoms with E-state index in [0.717, 1.165) is 6.21 Å². The lowest BCUT2D eigenvalue weighted by Crippen LogP contribution is -2.38. The van der Waals surface area contributed by atoms with Crippen LogP contribution in [0.4, 0.5) is 10.5 Å². The van der Waals surface area contributed by atoms with E-state index >= 15 is 0 Å². The van der Waals surface area contributed by atoms with Crippen LogP contribution in [0, 0.1) is 12.3 Å². The fraction of sp³-hybridized carbons (Fsp3) is 0.273. The lowest BCUT2D eigenvalue weighted by molar-refractivity contribution is 0.195. The Morgan fingerprint density at radius 1 is 1.60 bits per heavy atom. The smallest absolute Gasteiger partial charge is 0.355 e. The zero-order valence-corrected chi connectivity index (χ0v) is 11.1. The monoisotopic (exact) mass is 280 g/mol. The highest BCUT2D eigenvalue weighted by molar-refractivity contribution is 5.92. The van der Waals surface area contributed by atoms with Gasteiger partial charge in [-0.25, -0.2) is 14.8 Å². The number of hydrogen-bond donors (Lipinski definition) is 4. The average Bonchev–Trinajstić information content (AvgIpc) is 2.92. The van der Waals surface area contributed by atoms with Crippen molar-refractivity contribution in [1.29, 1.82) is 5.41 Å². The minimum absolute atomic E-state index is 0.113. The van der Waals surface area contributed by atoms with Crippen LogP contribution in [0.2, 0.25) is 0 Å². The third-order valence-corrected chi connectivity index (χ3v) is 2.76. The van der Waals surface area contributed by atoms with Gasteiger partial charge in [-0.15, -0.1) is 11.1 Å². The average molecular weight is 280 g/mol. The Bertz CT molecular complexity index is 552. The van der Waals surface area contributed by atoms with E-state index in [1.165, 1.54) is 22.4 Å². The van der Waals surface area contributed by atoms with Gasteiger partial charge in [0.2, 0.25) is 0 Å². The van der Waals surface area contributed by atoms with Crippen LogP contribution >= 0.6 is 0 Å². The standard InChI is InChI=1S/C11H16N6O3/c1-7-8(5-20-10(13)3-4-12)9(6-19-7)17-11(18)16(2)14-15-17/h3-4,6,12,14-15H,5,13H2,1-2H3. The molecule has 5 N–H and O–H groups in total. The van der Waals surface area contributed by atoms with E-state index < -0.39 is 0 Å². The molecule has 2 heterocycles. The Kier molecular flexibility index (Phi) is 3.91. The first-order valence-corrected chi connectivity index (χ1v) is 5.79. The SMILES string of the molecule is Cc1occ(N2NNN(C)C2=O)c1COC(N)=CC=N. The van der Waals surface area contributed by atoms with Crippen molar-refractivity contribution in [3.63, 3.8) is 0 Å². The maximum atomic E-state index is 11.9. The number of rotatable bonds is 5. The van der Waals surface area contributed by atoms with Crippen LogP contribution in [0.5, 0.6) is 0 Å². The molecule has 0 atom stereocenters. The second-order valence-electron chi connectivity index (χ2n) is 4.08. The minimum Gasteiger partial charge on any atom is -0.474 e. The third kappa shape index (κ3) is 2.58. The van der Waals surface area contributed by atoms with Gasteiger partial charge in [0.15, 0.2) is 5.88 Å². The molecule has 1 aliphatic heterocycles. The second-order valence-corrected chi connectivity index (χ2v) is 4.08. The van der Waals surface area contributed by atoms with E-state index in [4.69, 9.17) is 20.3 Å². The summed E-state index contributed by atoms with van der Waals surface area (Å²) in [6.07, 6.45) is 3.81. The Balaban J connectivity index is 2.17. The van der Waals surface area contributed by atoms with Gasteiger partial charge in [0.1, 0.15) is 24.3 Å². The fourth-order valence-electron chi connectivity index (χ4n) is 1.65. The third-order valence-electron chi connectivity index (χ3n) is 2.76. The van der Waals surface area contributed by atoms with Crippen molar-refractivity contribution in [2.24, 2.45) is 5.73 Å². The number of urea groups is 1. The summed E-state index contributed by atoms with van der Waals surface area (Å²) >= 11 is 0. The molecule has 0 radical (unpaired) electrons. The summed E-state index contributed by atoms with van der Waals surface area (Å²) in [6, 6.07) is -0.282. The van der Waals surface area contributed by atoms with Gasteiger partial charge >= 0.3 is 6.03 Å². The molecule has 108 valence electrons.